The van der Waals surface area contributed by atoms with E-state index in [2.05, 4.69) is 46.9 Å². The first kappa shape index (κ1) is 45.9. The van der Waals surface area contributed by atoms with E-state index in [0.29, 0.717) is 0 Å². The lowest BCUT2D eigenvalue weighted by Gasteiger charge is -2.44. The molecule has 0 aliphatic carbocycles. The summed E-state index contributed by atoms with van der Waals surface area (Å²) in [6, 6.07) is 10.5. The lowest BCUT2D eigenvalue weighted by Crippen LogP contribution is -2.81. The lowest BCUT2D eigenvalue weighted by molar-refractivity contribution is -0.696. The fraction of sp³-hybridized carbons (Fsp3) is 0.105. The van der Waals surface area contributed by atoms with Gasteiger partial charge in [0.15, 0.2) is 88.2 Å². The van der Waals surface area contributed by atoms with E-state index in [9.17, 15) is 52.7 Å². The second-order valence-corrected chi connectivity index (χ2v) is 12.7. The van der Waals surface area contributed by atoms with Crippen LogP contribution >= 0.6 is 0 Å². The highest BCUT2D eigenvalue weighted by Gasteiger charge is 2.52. The summed E-state index contributed by atoms with van der Waals surface area (Å²) in [5.74, 6) is -71.4. The Morgan fingerprint density at radius 3 is 0.967 bits per heavy atom. The van der Waals surface area contributed by atoms with Gasteiger partial charge in [0.05, 0.1) is 12.4 Å². The Morgan fingerprint density at radius 1 is 0.410 bits per heavy atom. The predicted octanol–water partition coefficient (Wildman–Crippen LogP) is 8.22. The molecule has 2 nitrogen and oxygen atoms in total. The van der Waals surface area contributed by atoms with Crippen molar-refractivity contribution in [1.82, 2.24) is 4.98 Å². The van der Waals surface area contributed by atoms with E-state index in [1.54, 1.807) is 0 Å². The van der Waals surface area contributed by atoms with Gasteiger partial charge in [-0.3, -0.25) is 4.98 Å². The average molecular weight is 892 g/mol. The standard InChI is InChI=1S/C24BF20.C14H17N2/c26-5-1(6(27)14(35)21(42)13(5)34)25(2-7(28)15(36)22(43)16(37)8(2)29,3-9(30)17(38)23(44)18(39)10(3)31)4-11(32)19(40)24(45)20(41)12(4)33;1-2-6-14-11-15-9-10-16(14)12-13-7-4-3-5-8-13/h;3-5,7-11H,2,6,12H2,1H3/q-1;+1. The Balaban J connectivity index is 0.000000366. The highest BCUT2D eigenvalue weighted by Crippen LogP contribution is 2.30. The summed E-state index contributed by atoms with van der Waals surface area (Å²) in [5, 5.41) is 0. The number of aryl methyl sites for hydroxylation is 1. The highest BCUT2D eigenvalue weighted by molar-refractivity contribution is 7.20. The summed E-state index contributed by atoms with van der Waals surface area (Å²) in [6.07, 6.45) is 0.888. The number of rotatable bonds is 8. The van der Waals surface area contributed by atoms with Crippen molar-refractivity contribution >= 4 is 28.0 Å². The van der Waals surface area contributed by atoms with Crippen molar-refractivity contribution in [2.24, 2.45) is 0 Å². The molecule has 61 heavy (non-hydrogen) atoms. The van der Waals surface area contributed by atoms with E-state index in [1.165, 1.54) is 11.3 Å². The van der Waals surface area contributed by atoms with Crippen molar-refractivity contribution in [2.75, 3.05) is 0 Å². The molecule has 322 valence electrons. The lowest BCUT2D eigenvalue weighted by atomic mass is 9.12. The monoisotopic (exact) mass is 892 g/mol. The van der Waals surface area contributed by atoms with Crippen LogP contribution in [0.5, 0.6) is 0 Å². The number of hydrogen-bond donors (Lipinski definition) is 0. The minimum absolute atomic E-state index is 0.929. The van der Waals surface area contributed by atoms with Crippen LogP contribution in [-0.2, 0) is 13.0 Å². The minimum Gasteiger partial charge on any atom is -0.252 e. The van der Waals surface area contributed by atoms with E-state index in [1.807, 2.05) is 18.5 Å². The van der Waals surface area contributed by atoms with E-state index in [0.717, 1.165) is 19.4 Å². The maximum absolute atomic E-state index is 15.4. The predicted molar refractivity (Wildman–Crippen MR) is 173 cm³/mol. The van der Waals surface area contributed by atoms with Crippen LogP contribution < -0.4 is 26.4 Å². The van der Waals surface area contributed by atoms with Crippen LogP contribution in [0.4, 0.5) is 87.8 Å². The summed E-state index contributed by atoms with van der Waals surface area (Å²) < 4.78 is 296. The third kappa shape index (κ3) is 7.40. The molecule has 0 N–H and O–H groups in total. The third-order valence-corrected chi connectivity index (χ3v) is 9.33. The van der Waals surface area contributed by atoms with Crippen LogP contribution in [0.3, 0.4) is 0 Å². The van der Waals surface area contributed by atoms with Gasteiger partial charge in [0.1, 0.15) is 52.7 Å². The SMILES string of the molecule is CCCc1cncc[n+]1Cc1ccccc1.Fc1c(F)c(F)c([B-](c2c(F)c(F)c(F)c(F)c2F)(c2c(F)c(F)c(F)c(F)c2F)c2c(F)c(F)c(F)c(F)c2F)c(F)c1F. The normalized spacial score (nSPS) is 11.6. The molecule has 6 aromatic rings. The molecule has 1 heterocycles. The van der Waals surface area contributed by atoms with Crippen LogP contribution in [0.2, 0.25) is 0 Å². The Morgan fingerprint density at radius 2 is 0.689 bits per heavy atom. The van der Waals surface area contributed by atoms with Crippen LogP contribution in [0.25, 0.3) is 0 Å². The second-order valence-electron chi connectivity index (χ2n) is 12.7. The molecular formula is C38H17BF20N2. The van der Waals surface area contributed by atoms with Crippen LogP contribution in [0.1, 0.15) is 24.6 Å². The van der Waals surface area contributed by atoms with Crippen molar-refractivity contribution < 1.29 is 92.4 Å². The smallest absolute Gasteiger partial charge is 0.200 e. The maximum Gasteiger partial charge on any atom is 0.200 e. The van der Waals surface area contributed by atoms with E-state index in [-0.39, 0.29) is 0 Å². The minimum atomic E-state index is -7.22. The Hall–Kier alpha value is -6.16. The van der Waals surface area contributed by atoms with Crippen molar-refractivity contribution in [3.05, 3.63) is 177 Å². The summed E-state index contributed by atoms with van der Waals surface area (Å²) in [7, 11) is 0. The number of nitrogens with zero attached hydrogens (tertiary/aromatic N) is 2. The molecular weight excluding hydrogens is 875 g/mol. The molecule has 0 atom stereocenters. The molecule has 0 fully saturated rings. The molecule has 0 radical (unpaired) electrons. The summed E-state index contributed by atoms with van der Waals surface area (Å²) >= 11 is 0. The summed E-state index contributed by atoms with van der Waals surface area (Å²) in [5.41, 5.74) is -11.7. The largest absolute Gasteiger partial charge is 0.252 e. The molecule has 0 spiro atoms. The molecule has 0 amide bonds. The van der Waals surface area contributed by atoms with Gasteiger partial charge in [-0.15, -0.1) is 21.9 Å². The number of hydrogen-bond acceptors (Lipinski definition) is 1. The zero-order chi connectivity index (χ0) is 45.6. The summed E-state index contributed by atoms with van der Waals surface area (Å²) in [6.45, 7) is 3.12. The first-order valence-corrected chi connectivity index (χ1v) is 16.7. The van der Waals surface area contributed by atoms with E-state index < -0.39 is 144 Å². The molecule has 0 aliphatic heterocycles. The van der Waals surface area contributed by atoms with Gasteiger partial charge in [-0.1, -0.05) is 37.3 Å². The fourth-order valence-electron chi connectivity index (χ4n) is 6.69. The van der Waals surface area contributed by atoms with Gasteiger partial charge in [-0.05, 0) is 6.42 Å². The zero-order valence-corrected chi connectivity index (χ0v) is 29.8. The van der Waals surface area contributed by atoms with Gasteiger partial charge in [-0.2, -0.15) is 4.57 Å². The Bertz CT molecular complexity index is 2310. The van der Waals surface area contributed by atoms with Gasteiger partial charge < -0.3 is 0 Å². The van der Waals surface area contributed by atoms with Gasteiger partial charge >= 0.3 is 0 Å². The second kappa shape index (κ2) is 17.4. The number of benzene rings is 5. The first-order chi connectivity index (χ1) is 28.6. The van der Waals surface area contributed by atoms with Gasteiger partial charge in [0.25, 0.3) is 0 Å². The van der Waals surface area contributed by atoms with Gasteiger partial charge in [-0.25, -0.2) is 87.8 Å². The zero-order valence-electron chi connectivity index (χ0n) is 29.8. The molecule has 0 aliphatic rings. The van der Waals surface area contributed by atoms with Gasteiger partial charge in [0.2, 0.25) is 0 Å². The summed E-state index contributed by atoms with van der Waals surface area (Å²) in [4.78, 5) is 4.18. The molecule has 1 aromatic heterocycles. The average Bonchev–Trinajstić information content (AvgIpc) is 3.25. The van der Waals surface area contributed by atoms with Gasteiger partial charge in [0, 0.05) is 12.0 Å². The molecule has 23 heteroatoms. The van der Waals surface area contributed by atoms with E-state index in [4.69, 9.17) is 0 Å². The molecule has 5 aromatic carbocycles. The maximum atomic E-state index is 15.4. The van der Waals surface area contributed by atoms with Crippen LogP contribution in [0, 0.1) is 116 Å². The molecule has 0 saturated heterocycles. The van der Waals surface area contributed by atoms with Crippen LogP contribution in [0.15, 0.2) is 48.9 Å². The van der Waals surface area contributed by atoms with Crippen molar-refractivity contribution in [1.29, 1.82) is 0 Å². The molecule has 0 unspecified atom stereocenters. The van der Waals surface area contributed by atoms with Crippen molar-refractivity contribution in [3.8, 4) is 0 Å². The quantitative estimate of drug-likeness (QED) is 0.0496. The number of halogens is 20. The van der Waals surface area contributed by atoms with Crippen LogP contribution in [-0.4, -0.2) is 11.1 Å². The van der Waals surface area contributed by atoms with E-state index >= 15 is 35.1 Å². The highest BCUT2D eigenvalue weighted by atomic mass is 19.2. The Kier molecular flexibility index (Phi) is 13.1. The first-order valence-electron chi connectivity index (χ1n) is 16.7. The molecule has 0 bridgehead atoms. The van der Waals surface area contributed by atoms with Crippen molar-refractivity contribution in [2.45, 2.75) is 26.3 Å². The molecule has 6 rings (SSSR count). The molecule has 0 saturated carbocycles. The third-order valence-electron chi connectivity index (χ3n) is 9.33. The topological polar surface area (TPSA) is 16.8 Å². The fourth-order valence-corrected chi connectivity index (χ4v) is 6.69. The number of aromatic nitrogens is 2. The van der Waals surface area contributed by atoms with Crippen molar-refractivity contribution in [3.63, 3.8) is 0 Å². The Labute approximate surface area is 328 Å².